The number of rotatable bonds is 3. The van der Waals surface area contributed by atoms with Gasteiger partial charge in [-0.15, -0.1) is 0 Å². The Bertz CT molecular complexity index is 346. The Kier molecular flexibility index (Phi) is 2.86. The topological polar surface area (TPSA) is 44.1 Å². The van der Waals surface area contributed by atoms with E-state index in [9.17, 15) is 4.79 Å². The van der Waals surface area contributed by atoms with Crippen LogP contribution in [0.5, 0.6) is 0 Å². The van der Waals surface area contributed by atoms with Crippen LogP contribution < -0.4 is 0 Å². The molecule has 0 aliphatic carbocycles. The molecule has 82 valence electrons. The van der Waals surface area contributed by atoms with Gasteiger partial charge in [-0.25, -0.2) is 4.98 Å². The highest BCUT2D eigenvalue weighted by atomic mass is 16.5. The second kappa shape index (κ2) is 4.14. The molecule has 2 unspecified atom stereocenters. The number of nitrogens with zero attached hydrogens (tertiary/aromatic N) is 2. The van der Waals surface area contributed by atoms with E-state index in [0.29, 0.717) is 6.04 Å². The molecular formula is C11H16N2O2. The van der Waals surface area contributed by atoms with Gasteiger partial charge in [-0.3, -0.25) is 0 Å². The van der Waals surface area contributed by atoms with Crippen LogP contribution in [0.3, 0.4) is 0 Å². The molecule has 4 heteroatoms. The number of hydrogen-bond acceptors (Lipinski definition) is 3. The lowest BCUT2D eigenvalue weighted by Crippen LogP contribution is -2.11. The van der Waals surface area contributed by atoms with Gasteiger partial charge in [-0.2, -0.15) is 0 Å². The lowest BCUT2D eigenvalue weighted by molar-refractivity contribution is -0.117. The largest absolute Gasteiger partial charge is 0.361 e. The molecule has 1 saturated heterocycles. The van der Waals surface area contributed by atoms with Crippen LogP contribution in [0.25, 0.3) is 0 Å². The maximum Gasteiger partial charge on any atom is 0.148 e. The summed E-state index contributed by atoms with van der Waals surface area (Å²) in [5.74, 6) is 0. The van der Waals surface area contributed by atoms with Crippen molar-refractivity contribution in [1.82, 2.24) is 9.55 Å². The van der Waals surface area contributed by atoms with Crippen LogP contribution in [0.2, 0.25) is 0 Å². The summed E-state index contributed by atoms with van der Waals surface area (Å²) in [6.45, 7) is 4.22. The molecule has 1 aromatic heterocycles. The van der Waals surface area contributed by atoms with Crippen molar-refractivity contribution in [2.45, 2.75) is 44.9 Å². The van der Waals surface area contributed by atoms with Gasteiger partial charge in [-0.05, 0) is 26.7 Å². The molecule has 0 N–H and O–H groups in total. The molecule has 0 radical (unpaired) electrons. The van der Waals surface area contributed by atoms with E-state index in [1.165, 1.54) is 0 Å². The summed E-state index contributed by atoms with van der Waals surface area (Å²) in [4.78, 5) is 14.7. The van der Waals surface area contributed by atoms with Crippen LogP contribution in [0.15, 0.2) is 12.5 Å². The standard InChI is InChI=1S/C11H16N2O2/c1-8(2)13-7-12-5-10(13)11-4-3-9(6-14)15-11/h5-9,11H,3-4H2,1-2H3. The van der Waals surface area contributed by atoms with Gasteiger partial charge in [0.05, 0.1) is 18.2 Å². The van der Waals surface area contributed by atoms with Crippen molar-refractivity contribution < 1.29 is 9.53 Å². The summed E-state index contributed by atoms with van der Waals surface area (Å²) in [7, 11) is 0. The fourth-order valence-corrected chi connectivity index (χ4v) is 1.98. The number of carbonyl (C=O) groups excluding carboxylic acids is 1. The maximum atomic E-state index is 10.6. The zero-order valence-corrected chi connectivity index (χ0v) is 9.09. The molecule has 4 nitrogen and oxygen atoms in total. The summed E-state index contributed by atoms with van der Waals surface area (Å²) in [6, 6.07) is 0.376. The van der Waals surface area contributed by atoms with Crippen LogP contribution in [0.1, 0.15) is 44.5 Å². The SMILES string of the molecule is CC(C)n1cncc1C1CCC(C=O)O1. The molecule has 0 amide bonds. The van der Waals surface area contributed by atoms with E-state index >= 15 is 0 Å². The lowest BCUT2D eigenvalue weighted by atomic mass is 10.1. The second-order valence-electron chi connectivity index (χ2n) is 4.20. The van der Waals surface area contributed by atoms with Crippen molar-refractivity contribution in [2.24, 2.45) is 0 Å². The molecule has 1 aliphatic heterocycles. The van der Waals surface area contributed by atoms with Crippen molar-refractivity contribution in [3.05, 3.63) is 18.2 Å². The Morgan fingerprint density at radius 1 is 1.60 bits per heavy atom. The quantitative estimate of drug-likeness (QED) is 0.712. The van der Waals surface area contributed by atoms with E-state index in [1.54, 1.807) is 0 Å². The Morgan fingerprint density at radius 2 is 2.40 bits per heavy atom. The predicted molar refractivity (Wildman–Crippen MR) is 55.5 cm³/mol. The average molecular weight is 208 g/mol. The van der Waals surface area contributed by atoms with Crippen LogP contribution in [-0.4, -0.2) is 21.9 Å². The van der Waals surface area contributed by atoms with E-state index in [2.05, 4.69) is 23.4 Å². The first kappa shape index (κ1) is 10.4. The Balaban J connectivity index is 2.16. The van der Waals surface area contributed by atoms with E-state index in [4.69, 9.17) is 4.74 Å². The monoisotopic (exact) mass is 208 g/mol. The smallest absolute Gasteiger partial charge is 0.148 e. The molecule has 0 bridgehead atoms. The molecule has 2 atom stereocenters. The minimum atomic E-state index is -0.231. The Labute approximate surface area is 89.3 Å². The molecule has 2 heterocycles. The molecule has 1 aliphatic rings. The Hall–Kier alpha value is -1.16. The van der Waals surface area contributed by atoms with Gasteiger partial charge in [0.2, 0.25) is 0 Å². The zero-order chi connectivity index (χ0) is 10.8. The van der Waals surface area contributed by atoms with E-state index in [1.807, 2.05) is 12.5 Å². The fraction of sp³-hybridized carbons (Fsp3) is 0.636. The summed E-state index contributed by atoms with van der Waals surface area (Å²) in [6.07, 6.45) is 6.06. The van der Waals surface area contributed by atoms with E-state index < -0.39 is 0 Å². The molecule has 0 saturated carbocycles. The highest BCUT2D eigenvalue weighted by Crippen LogP contribution is 2.32. The molecule has 1 fully saturated rings. The third-order valence-electron chi connectivity index (χ3n) is 2.79. The molecule has 0 spiro atoms. The van der Waals surface area contributed by atoms with Crippen molar-refractivity contribution >= 4 is 6.29 Å². The minimum absolute atomic E-state index is 0.0325. The van der Waals surface area contributed by atoms with Gasteiger partial charge in [0.25, 0.3) is 0 Å². The summed E-state index contributed by atoms with van der Waals surface area (Å²) in [5.41, 5.74) is 1.08. The van der Waals surface area contributed by atoms with Gasteiger partial charge in [0.15, 0.2) is 0 Å². The number of aromatic nitrogens is 2. The van der Waals surface area contributed by atoms with Gasteiger partial charge in [0, 0.05) is 6.04 Å². The minimum Gasteiger partial charge on any atom is -0.361 e. The predicted octanol–water partition coefficient (Wildman–Crippen LogP) is 1.88. The summed E-state index contributed by atoms with van der Waals surface area (Å²) in [5, 5.41) is 0. The first-order chi connectivity index (χ1) is 7.22. The number of ether oxygens (including phenoxy) is 1. The fourth-order valence-electron chi connectivity index (χ4n) is 1.98. The summed E-state index contributed by atoms with van der Waals surface area (Å²) >= 11 is 0. The average Bonchev–Trinajstić information content (AvgIpc) is 2.85. The van der Waals surface area contributed by atoms with Crippen LogP contribution in [-0.2, 0) is 9.53 Å². The van der Waals surface area contributed by atoms with Gasteiger partial charge < -0.3 is 14.1 Å². The van der Waals surface area contributed by atoms with Crippen molar-refractivity contribution in [2.75, 3.05) is 0 Å². The van der Waals surface area contributed by atoms with Crippen LogP contribution in [0, 0.1) is 0 Å². The Morgan fingerprint density at radius 3 is 3.00 bits per heavy atom. The van der Waals surface area contributed by atoms with Gasteiger partial charge in [0.1, 0.15) is 18.5 Å². The van der Waals surface area contributed by atoms with E-state index in [0.717, 1.165) is 24.8 Å². The molecular weight excluding hydrogens is 192 g/mol. The molecule has 1 aromatic rings. The molecule has 0 aromatic carbocycles. The third kappa shape index (κ3) is 1.95. The first-order valence-corrected chi connectivity index (χ1v) is 5.35. The molecule has 2 rings (SSSR count). The number of imidazole rings is 1. The third-order valence-corrected chi connectivity index (χ3v) is 2.79. The highest BCUT2D eigenvalue weighted by molar-refractivity contribution is 5.56. The maximum absolute atomic E-state index is 10.6. The van der Waals surface area contributed by atoms with Crippen LogP contribution in [0.4, 0.5) is 0 Å². The van der Waals surface area contributed by atoms with Crippen molar-refractivity contribution in [1.29, 1.82) is 0 Å². The lowest BCUT2D eigenvalue weighted by Gasteiger charge is -2.16. The normalized spacial score (nSPS) is 26.1. The zero-order valence-electron chi connectivity index (χ0n) is 9.09. The summed E-state index contributed by atoms with van der Waals surface area (Å²) < 4.78 is 7.71. The molecule has 15 heavy (non-hydrogen) atoms. The van der Waals surface area contributed by atoms with Gasteiger partial charge >= 0.3 is 0 Å². The van der Waals surface area contributed by atoms with Crippen LogP contribution >= 0.6 is 0 Å². The van der Waals surface area contributed by atoms with Gasteiger partial charge in [-0.1, -0.05) is 0 Å². The first-order valence-electron chi connectivity index (χ1n) is 5.35. The van der Waals surface area contributed by atoms with Crippen molar-refractivity contribution in [3.8, 4) is 0 Å². The number of carbonyl (C=O) groups is 1. The highest BCUT2D eigenvalue weighted by Gasteiger charge is 2.28. The van der Waals surface area contributed by atoms with E-state index in [-0.39, 0.29) is 12.2 Å². The second-order valence-corrected chi connectivity index (χ2v) is 4.20. The number of hydrogen-bond donors (Lipinski definition) is 0. The number of aldehydes is 1. The van der Waals surface area contributed by atoms with Crippen molar-refractivity contribution in [3.63, 3.8) is 0 Å².